The highest BCUT2D eigenvalue weighted by atomic mass is 79.9. The van der Waals surface area contributed by atoms with Crippen LogP contribution in [0.15, 0.2) is 21.6 Å². The summed E-state index contributed by atoms with van der Waals surface area (Å²) < 4.78 is 27.0. The zero-order valence-electron chi connectivity index (χ0n) is 10.4. The van der Waals surface area contributed by atoms with E-state index in [1.54, 1.807) is 0 Å². The molecule has 1 rings (SSSR count). The van der Waals surface area contributed by atoms with Gasteiger partial charge >= 0.3 is 0 Å². The quantitative estimate of drug-likeness (QED) is 0.736. The van der Waals surface area contributed by atoms with E-state index in [4.69, 9.17) is 11.6 Å². The molecule has 0 N–H and O–H groups in total. The van der Waals surface area contributed by atoms with E-state index in [0.717, 1.165) is 12.8 Å². The average Bonchev–Trinajstić information content (AvgIpc) is 2.32. The molecule has 0 atom stereocenters. The Morgan fingerprint density at radius 2 is 1.89 bits per heavy atom. The van der Waals surface area contributed by atoms with Crippen molar-refractivity contribution in [2.24, 2.45) is 0 Å². The Balaban J connectivity index is 3.21. The van der Waals surface area contributed by atoms with Gasteiger partial charge in [-0.2, -0.15) is 4.31 Å². The number of hydrogen-bond acceptors (Lipinski definition) is 3. The molecule has 0 aliphatic carbocycles. The predicted octanol–water partition coefficient (Wildman–Crippen LogP) is 3.31. The van der Waals surface area contributed by atoms with Crippen molar-refractivity contribution >= 4 is 37.6 Å². The minimum Gasteiger partial charge on any atom is -0.242 e. The Labute approximate surface area is 122 Å². The van der Waals surface area contributed by atoms with Gasteiger partial charge in [0.15, 0.2) is 0 Å². The molecule has 0 aliphatic rings. The summed E-state index contributed by atoms with van der Waals surface area (Å²) in [5.74, 6) is 0. The molecule has 7 heteroatoms. The van der Waals surface area contributed by atoms with Gasteiger partial charge in [-0.05, 0) is 34.8 Å². The van der Waals surface area contributed by atoms with Gasteiger partial charge in [-0.1, -0.05) is 25.4 Å². The first kappa shape index (κ1) is 15.9. The topological polar surface area (TPSA) is 50.3 Å². The maximum Gasteiger partial charge on any atom is 0.246 e. The molecule has 0 saturated heterocycles. The van der Waals surface area contributed by atoms with Crippen LogP contribution in [-0.2, 0) is 10.0 Å². The molecule has 0 unspecified atom stereocenters. The Morgan fingerprint density at radius 1 is 1.33 bits per heavy atom. The first-order valence-corrected chi connectivity index (χ1v) is 8.35. The summed E-state index contributed by atoms with van der Waals surface area (Å²) in [4.78, 5) is 3.92. The second-order valence-corrected chi connectivity index (χ2v) is 7.03. The van der Waals surface area contributed by atoms with Gasteiger partial charge in [-0.15, -0.1) is 0 Å². The minimum absolute atomic E-state index is 0.00964. The molecule has 0 amide bonds. The number of sulfonamides is 1. The molecule has 4 nitrogen and oxygen atoms in total. The van der Waals surface area contributed by atoms with Gasteiger partial charge in [0.25, 0.3) is 0 Å². The number of aromatic nitrogens is 1. The van der Waals surface area contributed by atoms with Crippen molar-refractivity contribution < 1.29 is 8.42 Å². The zero-order valence-corrected chi connectivity index (χ0v) is 13.5. The Bertz CT molecular complexity index is 502. The zero-order chi connectivity index (χ0) is 13.8. The Kier molecular flexibility index (Phi) is 6.04. The lowest BCUT2D eigenvalue weighted by molar-refractivity contribution is 0.410. The van der Waals surface area contributed by atoms with Crippen molar-refractivity contribution in [3.63, 3.8) is 0 Å². The third-order valence-corrected chi connectivity index (χ3v) is 5.10. The van der Waals surface area contributed by atoms with Crippen LogP contribution in [0.3, 0.4) is 0 Å². The lowest BCUT2D eigenvalue weighted by atomic mass is 10.4. The number of nitrogens with zero attached hydrogens (tertiary/aromatic N) is 2. The maximum absolute atomic E-state index is 12.5. The van der Waals surface area contributed by atoms with E-state index in [1.165, 1.54) is 16.6 Å². The molecule has 0 spiro atoms. The second kappa shape index (κ2) is 6.84. The van der Waals surface area contributed by atoms with Crippen molar-refractivity contribution in [1.29, 1.82) is 0 Å². The molecule has 0 fully saturated rings. The molecule has 0 aliphatic heterocycles. The van der Waals surface area contributed by atoms with Crippen LogP contribution in [0.1, 0.15) is 26.7 Å². The lowest BCUT2D eigenvalue weighted by Gasteiger charge is -2.21. The summed E-state index contributed by atoms with van der Waals surface area (Å²) in [5, 5.41) is 0.00964. The summed E-state index contributed by atoms with van der Waals surface area (Å²) in [6.07, 6.45) is 3.00. The van der Waals surface area contributed by atoms with Crippen LogP contribution in [0.4, 0.5) is 0 Å². The van der Waals surface area contributed by atoms with Gasteiger partial charge in [0.05, 0.1) is 0 Å². The summed E-state index contributed by atoms with van der Waals surface area (Å²) in [6.45, 7) is 4.86. The van der Waals surface area contributed by atoms with Gasteiger partial charge < -0.3 is 0 Å². The highest BCUT2D eigenvalue weighted by Crippen LogP contribution is 2.26. The van der Waals surface area contributed by atoms with Crippen LogP contribution >= 0.6 is 27.5 Å². The molecule has 1 aromatic rings. The fourth-order valence-corrected chi connectivity index (χ4v) is 4.12. The van der Waals surface area contributed by atoms with Crippen LogP contribution in [0.2, 0.25) is 5.15 Å². The fraction of sp³-hybridized carbons (Fsp3) is 0.545. The van der Waals surface area contributed by atoms with Crippen molar-refractivity contribution in [3.8, 4) is 0 Å². The molecule has 18 heavy (non-hydrogen) atoms. The molecule has 0 radical (unpaired) electrons. The maximum atomic E-state index is 12.5. The third kappa shape index (κ3) is 3.66. The highest BCUT2D eigenvalue weighted by molar-refractivity contribution is 9.10. The van der Waals surface area contributed by atoms with Crippen molar-refractivity contribution in [1.82, 2.24) is 9.29 Å². The Hall–Kier alpha value is -0.170. The summed E-state index contributed by atoms with van der Waals surface area (Å²) in [6, 6.07) is 1.49. The number of halogens is 2. The summed E-state index contributed by atoms with van der Waals surface area (Å²) in [5.41, 5.74) is 0. The highest BCUT2D eigenvalue weighted by Gasteiger charge is 2.26. The van der Waals surface area contributed by atoms with Crippen LogP contribution in [0.25, 0.3) is 0 Å². The smallest absolute Gasteiger partial charge is 0.242 e. The van der Waals surface area contributed by atoms with E-state index in [-0.39, 0.29) is 10.0 Å². The fourth-order valence-electron chi connectivity index (χ4n) is 1.57. The van der Waals surface area contributed by atoms with Crippen LogP contribution in [0.5, 0.6) is 0 Å². The van der Waals surface area contributed by atoms with Crippen molar-refractivity contribution in [3.05, 3.63) is 21.9 Å². The van der Waals surface area contributed by atoms with E-state index >= 15 is 0 Å². The number of rotatable bonds is 6. The standard InChI is InChI=1S/C11H16BrClN2O2S/c1-3-5-15(6-4-2)18(16,17)10-7-9(12)8-14-11(10)13/h7-8H,3-6H2,1-2H3. The summed E-state index contributed by atoms with van der Waals surface area (Å²) >= 11 is 9.10. The van der Waals surface area contributed by atoms with E-state index in [0.29, 0.717) is 17.6 Å². The average molecular weight is 356 g/mol. The van der Waals surface area contributed by atoms with Crippen LogP contribution in [0, 0.1) is 0 Å². The Morgan fingerprint density at radius 3 is 2.39 bits per heavy atom. The van der Waals surface area contributed by atoms with Gasteiger partial charge in [0.2, 0.25) is 10.0 Å². The van der Waals surface area contributed by atoms with Gasteiger partial charge in [0.1, 0.15) is 10.0 Å². The summed E-state index contributed by atoms with van der Waals surface area (Å²) in [7, 11) is -3.57. The molecular formula is C11H16BrClN2O2S. The predicted molar refractivity (Wildman–Crippen MR) is 76.3 cm³/mol. The number of pyridine rings is 1. The number of hydrogen-bond donors (Lipinski definition) is 0. The van der Waals surface area contributed by atoms with Crippen molar-refractivity contribution in [2.45, 2.75) is 31.6 Å². The molecule has 1 heterocycles. The largest absolute Gasteiger partial charge is 0.246 e. The third-order valence-electron chi connectivity index (χ3n) is 2.34. The molecule has 1 aromatic heterocycles. The van der Waals surface area contributed by atoms with Gasteiger partial charge in [-0.25, -0.2) is 13.4 Å². The van der Waals surface area contributed by atoms with E-state index in [2.05, 4.69) is 20.9 Å². The molecular weight excluding hydrogens is 340 g/mol. The monoisotopic (exact) mass is 354 g/mol. The molecule has 0 saturated carbocycles. The van der Waals surface area contributed by atoms with E-state index < -0.39 is 10.0 Å². The first-order chi connectivity index (χ1) is 8.43. The first-order valence-electron chi connectivity index (χ1n) is 5.74. The minimum atomic E-state index is -3.57. The van der Waals surface area contributed by atoms with Crippen molar-refractivity contribution in [2.75, 3.05) is 13.1 Å². The molecule has 0 bridgehead atoms. The SMILES string of the molecule is CCCN(CCC)S(=O)(=O)c1cc(Br)cnc1Cl. The van der Waals surface area contributed by atoms with E-state index in [9.17, 15) is 8.42 Å². The second-order valence-electron chi connectivity index (χ2n) is 3.85. The van der Waals surface area contributed by atoms with Gasteiger partial charge in [0, 0.05) is 23.8 Å². The lowest BCUT2D eigenvalue weighted by Crippen LogP contribution is -2.32. The van der Waals surface area contributed by atoms with Crippen LogP contribution in [-0.4, -0.2) is 30.8 Å². The molecule has 102 valence electrons. The van der Waals surface area contributed by atoms with Gasteiger partial charge in [-0.3, -0.25) is 0 Å². The molecule has 0 aromatic carbocycles. The normalized spacial score (nSPS) is 12.1. The van der Waals surface area contributed by atoms with Crippen LogP contribution < -0.4 is 0 Å². The van der Waals surface area contributed by atoms with E-state index in [1.807, 2.05) is 13.8 Å².